The Morgan fingerprint density at radius 2 is 1.67 bits per heavy atom. The van der Waals surface area contributed by atoms with E-state index in [4.69, 9.17) is 0 Å². The van der Waals surface area contributed by atoms with E-state index in [0.717, 1.165) is 10.5 Å². The van der Waals surface area contributed by atoms with Gasteiger partial charge in [0.15, 0.2) is 0 Å². The molecule has 0 amide bonds. The van der Waals surface area contributed by atoms with E-state index in [1.54, 1.807) is 24.3 Å². The Bertz CT molecular complexity index is 809. The van der Waals surface area contributed by atoms with Crippen molar-refractivity contribution in [1.29, 1.82) is 0 Å². The fraction of sp³-hybridized carbons (Fsp3) is 0.0769. The van der Waals surface area contributed by atoms with Gasteiger partial charge in [-0.05, 0) is 36.4 Å². The predicted molar refractivity (Wildman–Crippen MR) is 71.5 cm³/mol. The molecule has 108 valence electrons. The molecule has 0 radical (unpaired) electrons. The van der Waals surface area contributed by atoms with Crippen molar-refractivity contribution in [3.05, 3.63) is 52.3 Å². The Kier molecular flexibility index (Phi) is 3.20. The van der Waals surface area contributed by atoms with Crippen molar-refractivity contribution in [3.8, 4) is 5.69 Å². The van der Waals surface area contributed by atoms with Crippen LogP contribution in [-0.4, -0.2) is 15.0 Å². The molecular weight excluding hydrogens is 354 g/mol. The SMILES string of the molecule is Fc1ccc2c(nnn2-c2ccc(Br)cc2)c1C(F)(F)F. The number of benzene rings is 2. The number of alkyl halides is 3. The van der Waals surface area contributed by atoms with Crippen LogP contribution >= 0.6 is 15.9 Å². The lowest BCUT2D eigenvalue weighted by Crippen LogP contribution is -2.09. The van der Waals surface area contributed by atoms with E-state index in [0.29, 0.717) is 5.69 Å². The maximum absolute atomic E-state index is 13.5. The minimum Gasteiger partial charge on any atom is -0.213 e. The molecule has 0 saturated heterocycles. The van der Waals surface area contributed by atoms with Gasteiger partial charge in [0.05, 0.1) is 11.2 Å². The molecule has 3 aromatic rings. The summed E-state index contributed by atoms with van der Waals surface area (Å²) in [5.74, 6) is -1.36. The monoisotopic (exact) mass is 359 g/mol. The molecule has 0 aliphatic heterocycles. The van der Waals surface area contributed by atoms with Gasteiger partial charge in [-0.25, -0.2) is 9.07 Å². The zero-order valence-electron chi connectivity index (χ0n) is 10.2. The fourth-order valence-electron chi connectivity index (χ4n) is 2.01. The van der Waals surface area contributed by atoms with E-state index in [9.17, 15) is 17.6 Å². The van der Waals surface area contributed by atoms with Crippen LogP contribution in [-0.2, 0) is 6.18 Å². The van der Waals surface area contributed by atoms with E-state index in [1.165, 1.54) is 10.7 Å². The molecule has 0 bridgehead atoms. The summed E-state index contributed by atoms with van der Waals surface area (Å²) in [5.41, 5.74) is -1.29. The van der Waals surface area contributed by atoms with E-state index in [2.05, 4.69) is 26.2 Å². The first kappa shape index (κ1) is 14.0. The van der Waals surface area contributed by atoms with Crippen molar-refractivity contribution in [1.82, 2.24) is 15.0 Å². The van der Waals surface area contributed by atoms with Crippen molar-refractivity contribution in [2.45, 2.75) is 6.18 Å². The molecule has 0 unspecified atom stereocenters. The minimum absolute atomic E-state index is 0.0889. The maximum Gasteiger partial charge on any atom is 0.421 e. The molecule has 21 heavy (non-hydrogen) atoms. The quantitative estimate of drug-likeness (QED) is 0.605. The second-order valence-electron chi connectivity index (χ2n) is 4.27. The second-order valence-corrected chi connectivity index (χ2v) is 5.18. The molecule has 3 rings (SSSR count). The zero-order valence-corrected chi connectivity index (χ0v) is 11.8. The van der Waals surface area contributed by atoms with Crippen molar-refractivity contribution < 1.29 is 17.6 Å². The first-order valence-electron chi connectivity index (χ1n) is 5.75. The Hall–Kier alpha value is -1.96. The lowest BCUT2D eigenvalue weighted by atomic mass is 10.1. The van der Waals surface area contributed by atoms with Gasteiger partial charge in [0.2, 0.25) is 0 Å². The van der Waals surface area contributed by atoms with Gasteiger partial charge in [0.1, 0.15) is 16.9 Å². The van der Waals surface area contributed by atoms with E-state index >= 15 is 0 Å². The summed E-state index contributed by atoms with van der Waals surface area (Å²) < 4.78 is 54.3. The van der Waals surface area contributed by atoms with Crippen molar-refractivity contribution in [2.75, 3.05) is 0 Å². The van der Waals surface area contributed by atoms with Crippen LogP contribution in [0.5, 0.6) is 0 Å². The molecule has 0 fully saturated rings. The molecule has 8 heteroatoms. The molecule has 0 saturated carbocycles. The normalized spacial score (nSPS) is 12.0. The van der Waals surface area contributed by atoms with Crippen LogP contribution in [0.3, 0.4) is 0 Å². The summed E-state index contributed by atoms with van der Waals surface area (Å²) in [7, 11) is 0. The van der Waals surface area contributed by atoms with Gasteiger partial charge in [-0.1, -0.05) is 21.1 Å². The lowest BCUT2D eigenvalue weighted by molar-refractivity contribution is -0.138. The highest BCUT2D eigenvalue weighted by atomic mass is 79.9. The average molecular weight is 360 g/mol. The fourth-order valence-corrected chi connectivity index (χ4v) is 2.27. The zero-order chi connectivity index (χ0) is 15.2. The smallest absolute Gasteiger partial charge is 0.213 e. The highest BCUT2D eigenvalue weighted by Crippen LogP contribution is 2.36. The minimum atomic E-state index is -4.83. The van der Waals surface area contributed by atoms with Crippen molar-refractivity contribution in [2.24, 2.45) is 0 Å². The molecule has 0 N–H and O–H groups in total. The number of halogens is 5. The molecule has 0 aliphatic carbocycles. The first-order valence-corrected chi connectivity index (χ1v) is 6.54. The summed E-state index contributed by atoms with van der Waals surface area (Å²) in [5, 5.41) is 7.18. The van der Waals surface area contributed by atoms with Gasteiger partial charge in [0, 0.05) is 4.47 Å². The number of hydrogen-bond acceptors (Lipinski definition) is 2. The molecule has 0 atom stereocenters. The largest absolute Gasteiger partial charge is 0.421 e. The second kappa shape index (κ2) is 4.80. The van der Waals surface area contributed by atoms with Crippen LogP contribution in [0, 0.1) is 5.82 Å². The molecule has 0 aliphatic rings. The van der Waals surface area contributed by atoms with E-state index in [1.807, 2.05) is 0 Å². The van der Waals surface area contributed by atoms with Gasteiger partial charge < -0.3 is 0 Å². The van der Waals surface area contributed by atoms with E-state index < -0.39 is 23.1 Å². The number of aromatic nitrogens is 3. The molecule has 2 aromatic carbocycles. The van der Waals surface area contributed by atoms with Crippen LogP contribution in [0.4, 0.5) is 17.6 Å². The van der Waals surface area contributed by atoms with Crippen LogP contribution in [0.2, 0.25) is 0 Å². The standard InChI is InChI=1S/C13H6BrF4N3/c14-7-1-3-8(4-2-7)21-10-6-5-9(15)11(13(16,17)18)12(10)19-20-21/h1-6H. The number of nitrogens with zero attached hydrogens (tertiary/aromatic N) is 3. The Labute approximate surface area is 124 Å². The molecule has 3 nitrogen and oxygen atoms in total. The summed E-state index contributed by atoms with van der Waals surface area (Å²) in [6.45, 7) is 0. The molecular formula is C13H6BrF4N3. The topological polar surface area (TPSA) is 30.7 Å². The number of fused-ring (bicyclic) bond motifs is 1. The Balaban J connectivity index is 2.27. The van der Waals surface area contributed by atoms with Crippen LogP contribution in [0.15, 0.2) is 40.9 Å². The van der Waals surface area contributed by atoms with Crippen LogP contribution in [0.1, 0.15) is 5.56 Å². The van der Waals surface area contributed by atoms with Gasteiger partial charge in [0.25, 0.3) is 0 Å². The average Bonchev–Trinajstić information content (AvgIpc) is 2.81. The third kappa shape index (κ3) is 2.39. The highest BCUT2D eigenvalue weighted by molar-refractivity contribution is 9.10. The molecule has 1 aromatic heterocycles. The Morgan fingerprint density at radius 1 is 1.00 bits per heavy atom. The van der Waals surface area contributed by atoms with Crippen molar-refractivity contribution >= 4 is 27.0 Å². The van der Waals surface area contributed by atoms with Gasteiger partial charge in [-0.2, -0.15) is 13.2 Å². The van der Waals surface area contributed by atoms with Crippen molar-refractivity contribution in [3.63, 3.8) is 0 Å². The van der Waals surface area contributed by atoms with Gasteiger partial charge in [-0.3, -0.25) is 0 Å². The maximum atomic E-state index is 13.5. The van der Waals surface area contributed by atoms with Crippen LogP contribution < -0.4 is 0 Å². The third-order valence-corrected chi connectivity index (χ3v) is 3.45. The van der Waals surface area contributed by atoms with E-state index in [-0.39, 0.29) is 5.52 Å². The number of rotatable bonds is 1. The Morgan fingerprint density at radius 3 is 2.29 bits per heavy atom. The third-order valence-electron chi connectivity index (χ3n) is 2.92. The summed E-state index contributed by atoms with van der Waals surface area (Å²) in [6, 6.07) is 8.75. The summed E-state index contributed by atoms with van der Waals surface area (Å²) in [4.78, 5) is 0. The summed E-state index contributed by atoms with van der Waals surface area (Å²) >= 11 is 3.26. The first-order chi connectivity index (χ1) is 9.88. The molecule has 1 heterocycles. The molecule has 0 spiro atoms. The van der Waals surface area contributed by atoms with Crippen LogP contribution in [0.25, 0.3) is 16.7 Å². The van der Waals surface area contributed by atoms with Gasteiger partial charge in [-0.15, -0.1) is 5.10 Å². The lowest BCUT2D eigenvalue weighted by Gasteiger charge is -2.08. The number of hydrogen-bond donors (Lipinski definition) is 0. The van der Waals surface area contributed by atoms with Gasteiger partial charge >= 0.3 is 6.18 Å². The summed E-state index contributed by atoms with van der Waals surface area (Å²) in [6.07, 6.45) is -4.83. The predicted octanol–water partition coefficient (Wildman–Crippen LogP) is 4.34. The highest BCUT2D eigenvalue weighted by Gasteiger charge is 2.38.